The standard InChI is InChI=1S/C16H17BrN2O3/c1-16(2,15(21)22-4)14-8-13(19(3)18-14)12-6-5-11(17)7-10(12)9-20/h5-9H,1-4H3. The first-order chi connectivity index (χ1) is 10.3. The number of carbonyl (C=O) groups excluding carboxylic acids is 2. The van der Waals surface area contributed by atoms with E-state index in [2.05, 4.69) is 21.0 Å². The van der Waals surface area contributed by atoms with Gasteiger partial charge in [0.25, 0.3) is 0 Å². The number of ether oxygens (including phenoxy) is 1. The Morgan fingerprint density at radius 2 is 2.05 bits per heavy atom. The van der Waals surface area contributed by atoms with Crippen molar-refractivity contribution < 1.29 is 14.3 Å². The van der Waals surface area contributed by atoms with Gasteiger partial charge in [0.05, 0.1) is 18.5 Å². The van der Waals surface area contributed by atoms with Gasteiger partial charge in [-0.2, -0.15) is 5.10 Å². The fraction of sp³-hybridized carbons (Fsp3) is 0.312. The van der Waals surface area contributed by atoms with Crippen molar-refractivity contribution in [2.45, 2.75) is 19.3 Å². The van der Waals surface area contributed by atoms with Gasteiger partial charge in [0.15, 0.2) is 6.29 Å². The van der Waals surface area contributed by atoms with Gasteiger partial charge in [-0.05, 0) is 32.0 Å². The summed E-state index contributed by atoms with van der Waals surface area (Å²) < 4.78 is 7.33. The number of benzene rings is 1. The lowest BCUT2D eigenvalue weighted by Crippen LogP contribution is -2.30. The molecule has 5 nitrogen and oxygen atoms in total. The number of esters is 1. The largest absolute Gasteiger partial charge is 0.468 e. The second-order valence-electron chi connectivity index (χ2n) is 5.50. The summed E-state index contributed by atoms with van der Waals surface area (Å²) in [7, 11) is 3.13. The lowest BCUT2D eigenvalue weighted by molar-refractivity contribution is -0.146. The molecule has 0 spiro atoms. The van der Waals surface area contributed by atoms with Gasteiger partial charge in [0, 0.05) is 22.6 Å². The van der Waals surface area contributed by atoms with E-state index >= 15 is 0 Å². The van der Waals surface area contributed by atoms with Crippen molar-refractivity contribution in [2.75, 3.05) is 7.11 Å². The third kappa shape index (κ3) is 2.83. The molecule has 2 aromatic rings. The van der Waals surface area contributed by atoms with Crippen molar-refractivity contribution >= 4 is 28.2 Å². The Balaban J connectivity index is 2.56. The number of aromatic nitrogens is 2. The Hall–Kier alpha value is -1.95. The van der Waals surface area contributed by atoms with Gasteiger partial charge in [-0.3, -0.25) is 14.3 Å². The summed E-state index contributed by atoms with van der Waals surface area (Å²) in [5.41, 5.74) is 1.82. The van der Waals surface area contributed by atoms with Crippen LogP contribution in [0.15, 0.2) is 28.7 Å². The maximum atomic E-state index is 11.9. The van der Waals surface area contributed by atoms with Crippen molar-refractivity contribution in [3.63, 3.8) is 0 Å². The van der Waals surface area contributed by atoms with Crippen LogP contribution < -0.4 is 0 Å². The average Bonchev–Trinajstić information content (AvgIpc) is 2.88. The van der Waals surface area contributed by atoms with Crippen LogP contribution in [0.25, 0.3) is 11.3 Å². The molecule has 0 aliphatic heterocycles. The molecule has 6 heteroatoms. The van der Waals surface area contributed by atoms with Crippen LogP contribution in [0.1, 0.15) is 29.9 Å². The number of carbonyl (C=O) groups is 2. The van der Waals surface area contributed by atoms with E-state index in [1.165, 1.54) is 7.11 Å². The second-order valence-corrected chi connectivity index (χ2v) is 6.42. The van der Waals surface area contributed by atoms with Gasteiger partial charge in [-0.1, -0.05) is 22.0 Å². The van der Waals surface area contributed by atoms with Crippen LogP contribution in [0, 0.1) is 0 Å². The van der Waals surface area contributed by atoms with E-state index in [-0.39, 0.29) is 5.97 Å². The molecule has 116 valence electrons. The van der Waals surface area contributed by atoms with E-state index in [1.54, 1.807) is 31.6 Å². The summed E-state index contributed by atoms with van der Waals surface area (Å²) in [6.07, 6.45) is 0.804. The van der Waals surface area contributed by atoms with E-state index in [0.717, 1.165) is 22.0 Å². The summed E-state index contributed by atoms with van der Waals surface area (Å²) in [6.45, 7) is 3.51. The maximum Gasteiger partial charge on any atom is 0.317 e. The van der Waals surface area contributed by atoms with Crippen molar-refractivity contribution in [1.29, 1.82) is 0 Å². The average molecular weight is 365 g/mol. The molecule has 0 saturated carbocycles. The minimum Gasteiger partial charge on any atom is -0.468 e. The molecular formula is C16H17BrN2O3. The molecule has 0 atom stereocenters. The minimum absolute atomic E-state index is 0.358. The third-order valence-electron chi connectivity index (χ3n) is 3.63. The molecule has 0 saturated heterocycles. The number of halogens is 1. The van der Waals surface area contributed by atoms with Crippen LogP contribution in [0.4, 0.5) is 0 Å². The lowest BCUT2D eigenvalue weighted by Gasteiger charge is -2.18. The molecular weight excluding hydrogens is 348 g/mol. The summed E-state index contributed by atoms with van der Waals surface area (Å²) in [5, 5.41) is 4.41. The first-order valence-corrected chi connectivity index (χ1v) is 7.48. The van der Waals surface area contributed by atoms with Crippen LogP contribution in [-0.4, -0.2) is 29.1 Å². The fourth-order valence-electron chi connectivity index (χ4n) is 2.25. The molecule has 0 amide bonds. The molecule has 1 aromatic heterocycles. The molecule has 0 bridgehead atoms. The predicted molar refractivity (Wildman–Crippen MR) is 86.8 cm³/mol. The smallest absolute Gasteiger partial charge is 0.317 e. The van der Waals surface area contributed by atoms with E-state index in [9.17, 15) is 9.59 Å². The molecule has 0 N–H and O–H groups in total. The topological polar surface area (TPSA) is 61.2 Å². The Bertz CT molecular complexity index is 735. The number of rotatable bonds is 4. The SMILES string of the molecule is COC(=O)C(C)(C)c1cc(-c2ccc(Br)cc2C=O)n(C)n1. The van der Waals surface area contributed by atoms with E-state index in [4.69, 9.17) is 4.74 Å². The molecule has 0 radical (unpaired) electrons. The van der Waals surface area contributed by atoms with Gasteiger partial charge in [0.2, 0.25) is 0 Å². The van der Waals surface area contributed by atoms with Crippen molar-refractivity contribution in [3.05, 3.63) is 40.0 Å². The van der Waals surface area contributed by atoms with E-state index < -0.39 is 5.41 Å². The molecule has 2 rings (SSSR count). The predicted octanol–water partition coefficient (Wildman–Crippen LogP) is 3.11. The van der Waals surface area contributed by atoms with Crippen LogP contribution in [0.2, 0.25) is 0 Å². The molecule has 1 heterocycles. The maximum absolute atomic E-state index is 11.9. The highest BCUT2D eigenvalue weighted by Gasteiger charge is 2.34. The van der Waals surface area contributed by atoms with Crippen LogP contribution in [-0.2, 0) is 22.0 Å². The fourth-order valence-corrected chi connectivity index (χ4v) is 2.63. The Morgan fingerprint density at radius 1 is 1.36 bits per heavy atom. The van der Waals surface area contributed by atoms with Crippen LogP contribution >= 0.6 is 15.9 Å². The zero-order valence-electron chi connectivity index (χ0n) is 12.9. The van der Waals surface area contributed by atoms with E-state index in [0.29, 0.717) is 11.3 Å². The zero-order chi connectivity index (χ0) is 16.5. The second kappa shape index (κ2) is 6.04. The van der Waals surface area contributed by atoms with Crippen molar-refractivity contribution in [2.24, 2.45) is 7.05 Å². The molecule has 0 aliphatic rings. The Kier molecular flexibility index (Phi) is 4.51. The van der Waals surface area contributed by atoms with Gasteiger partial charge in [-0.25, -0.2) is 0 Å². The van der Waals surface area contributed by atoms with Gasteiger partial charge in [-0.15, -0.1) is 0 Å². The van der Waals surface area contributed by atoms with Crippen LogP contribution in [0.5, 0.6) is 0 Å². The number of aryl methyl sites for hydroxylation is 1. The number of nitrogens with zero attached hydrogens (tertiary/aromatic N) is 2. The normalized spacial score (nSPS) is 11.3. The highest BCUT2D eigenvalue weighted by molar-refractivity contribution is 9.10. The molecule has 0 fully saturated rings. The van der Waals surface area contributed by atoms with Gasteiger partial charge >= 0.3 is 5.97 Å². The van der Waals surface area contributed by atoms with Gasteiger partial charge < -0.3 is 4.74 Å². The molecule has 22 heavy (non-hydrogen) atoms. The summed E-state index contributed by atoms with van der Waals surface area (Å²) in [6, 6.07) is 7.27. The third-order valence-corrected chi connectivity index (χ3v) is 4.13. The summed E-state index contributed by atoms with van der Waals surface area (Å²) in [5.74, 6) is -0.358. The Labute approximate surface area is 137 Å². The number of aldehydes is 1. The highest BCUT2D eigenvalue weighted by Crippen LogP contribution is 2.30. The first kappa shape index (κ1) is 16.4. The highest BCUT2D eigenvalue weighted by atomic mass is 79.9. The molecule has 1 aromatic carbocycles. The molecule has 0 aliphatic carbocycles. The first-order valence-electron chi connectivity index (χ1n) is 6.69. The van der Waals surface area contributed by atoms with Crippen molar-refractivity contribution in [1.82, 2.24) is 9.78 Å². The summed E-state index contributed by atoms with van der Waals surface area (Å²) >= 11 is 3.35. The number of hydrogen-bond donors (Lipinski definition) is 0. The quantitative estimate of drug-likeness (QED) is 0.617. The molecule has 0 unspecified atom stereocenters. The number of methoxy groups -OCH3 is 1. The van der Waals surface area contributed by atoms with Crippen molar-refractivity contribution in [3.8, 4) is 11.3 Å². The van der Waals surface area contributed by atoms with E-state index in [1.807, 2.05) is 18.2 Å². The van der Waals surface area contributed by atoms with Gasteiger partial charge in [0.1, 0.15) is 5.41 Å². The van der Waals surface area contributed by atoms with Crippen LogP contribution in [0.3, 0.4) is 0 Å². The Morgan fingerprint density at radius 3 is 2.64 bits per heavy atom. The minimum atomic E-state index is -0.860. The lowest BCUT2D eigenvalue weighted by atomic mass is 9.89. The monoisotopic (exact) mass is 364 g/mol. The number of hydrogen-bond acceptors (Lipinski definition) is 4. The summed E-state index contributed by atoms with van der Waals surface area (Å²) in [4.78, 5) is 23.2. The zero-order valence-corrected chi connectivity index (χ0v) is 14.5.